The van der Waals surface area contributed by atoms with Crippen LogP contribution >= 0.6 is 0 Å². The summed E-state index contributed by atoms with van der Waals surface area (Å²) in [5.41, 5.74) is 2.26. The highest BCUT2D eigenvalue weighted by atomic mass is 15.5. The molecule has 3 heterocycles. The van der Waals surface area contributed by atoms with E-state index in [4.69, 9.17) is 4.99 Å². The van der Waals surface area contributed by atoms with Gasteiger partial charge in [-0.1, -0.05) is 18.2 Å². The second-order valence-electron chi connectivity index (χ2n) is 6.11. The van der Waals surface area contributed by atoms with E-state index in [1.807, 2.05) is 17.7 Å². The molecule has 22 heavy (non-hydrogen) atoms. The number of amidine groups is 1. The Balaban J connectivity index is 1.77. The van der Waals surface area contributed by atoms with E-state index in [0.29, 0.717) is 0 Å². The number of aliphatic imine (C=N–C) groups is 2. The number of benzene rings is 1. The number of hydrogen-bond donors (Lipinski definition) is 0. The molecule has 3 aliphatic heterocycles. The summed E-state index contributed by atoms with van der Waals surface area (Å²) in [5, 5.41) is 4.67. The molecule has 0 amide bonds. The van der Waals surface area contributed by atoms with Gasteiger partial charge in [0.2, 0.25) is 12.0 Å². The van der Waals surface area contributed by atoms with Gasteiger partial charge in [-0.05, 0) is 20.0 Å². The van der Waals surface area contributed by atoms with Crippen LogP contribution in [-0.4, -0.2) is 65.7 Å². The molecule has 6 nitrogen and oxygen atoms in total. The Kier molecular flexibility index (Phi) is 3.26. The van der Waals surface area contributed by atoms with Gasteiger partial charge in [-0.25, -0.2) is 0 Å². The molecule has 1 unspecified atom stereocenters. The van der Waals surface area contributed by atoms with E-state index in [2.05, 4.69) is 45.2 Å². The minimum atomic E-state index is -0.0158. The molecule has 0 spiro atoms. The molecule has 6 heteroatoms. The maximum Gasteiger partial charge on any atom is 0.373 e. The molecule has 1 atom stereocenters. The maximum atomic E-state index is 4.94. The topological polar surface area (TPSA) is 46.6 Å². The first-order valence-corrected chi connectivity index (χ1v) is 7.88. The summed E-state index contributed by atoms with van der Waals surface area (Å²) in [6.07, 6.45) is 0.781. The third-order valence-electron chi connectivity index (χ3n) is 4.40. The van der Waals surface area contributed by atoms with Crippen molar-refractivity contribution >= 4 is 17.5 Å². The second-order valence-corrected chi connectivity index (χ2v) is 6.11. The first-order chi connectivity index (χ1) is 10.7. The van der Waals surface area contributed by atoms with Crippen molar-refractivity contribution in [3.05, 3.63) is 29.8 Å². The zero-order valence-electron chi connectivity index (χ0n) is 13.1. The highest BCUT2D eigenvalue weighted by molar-refractivity contribution is 5.92. The largest absolute Gasteiger partial charge is 0.373 e. The van der Waals surface area contributed by atoms with Crippen molar-refractivity contribution in [2.24, 2.45) is 15.1 Å². The Morgan fingerprint density at radius 2 is 1.91 bits per heavy atom. The Morgan fingerprint density at radius 1 is 1.14 bits per heavy atom. The number of nitrogens with zero attached hydrogens (tertiary/aromatic N) is 6. The first kappa shape index (κ1) is 13.6. The highest BCUT2D eigenvalue weighted by Crippen LogP contribution is 2.26. The fourth-order valence-corrected chi connectivity index (χ4v) is 3.12. The second kappa shape index (κ2) is 5.28. The molecule has 1 aromatic carbocycles. The van der Waals surface area contributed by atoms with Gasteiger partial charge >= 0.3 is 5.96 Å². The molecular weight excluding hydrogens is 276 g/mol. The lowest BCUT2D eigenvalue weighted by Crippen LogP contribution is -2.50. The summed E-state index contributed by atoms with van der Waals surface area (Å²) >= 11 is 0. The van der Waals surface area contributed by atoms with Crippen LogP contribution in [0.1, 0.15) is 12.5 Å². The van der Waals surface area contributed by atoms with Crippen LogP contribution in [0.5, 0.6) is 0 Å². The van der Waals surface area contributed by atoms with Crippen LogP contribution in [0.2, 0.25) is 0 Å². The Hall–Kier alpha value is -2.08. The van der Waals surface area contributed by atoms with Crippen molar-refractivity contribution in [2.45, 2.75) is 19.5 Å². The van der Waals surface area contributed by atoms with Crippen LogP contribution in [0.15, 0.2) is 39.4 Å². The number of likely N-dealkylation sites (N-methyl/N-ethyl adjacent to an activating group) is 1. The van der Waals surface area contributed by atoms with Crippen LogP contribution in [-0.2, 0) is 6.42 Å². The molecule has 0 saturated carbocycles. The molecule has 4 rings (SSSR count). The van der Waals surface area contributed by atoms with E-state index >= 15 is 0 Å². The normalized spacial score (nSPS) is 24.9. The molecule has 1 fully saturated rings. The summed E-state index contributed by atoms with van der Waals surface area (Å²) in [5.74, 6) is 1.94. The van der Waals surface area contributed by atoms with Crippen molar-refractivity contribution in [3.63, 3.8) is 0 Å². The number of para-hydroxylation sites is 1. The smallest absolute Gasteiger partial charge is 0.301 e. The molecule has 1 saturated heterocycles. The molecule has 0 N–H and O–H groups in total. The molecule has 0 aliphatic carbocycles. The van der Waals surface area contributed by atoms with Crippen molar-refractivity contribution in [3.8, 4) is 0 Å². The Bertz CT molecular complexity index is 682. The lowest BCUT2D eigenvalue weighted by atomic mass is 10.1. The first-order valence-electron chi connectivity index (χ1n) is 7.88. The minimum absolute atomic E-state index is 0.0158. The molecule has 3 aliphatic rings. The summed E-state index contributed by atoms with van der Waals surface area (Å²) in [7, 11) is 2.16. The van der Waals surface area contributed by atoms with E-state index in [-0.39, 0.29) is 6.17 Å². The van der Waals surface area contributed by atoms with Crippen molar-refractivity contribution < 1.29 is 4.70 Å². The average molecular weight is 297 g/mol. The van der Waals surface area contributed by atoms with Crippen molar-refractivity contribution in [2.75, 3.05) is 33.2 Å². The summed E-state index contributed by atoms with van der Waals surface area (Å²) in [6.45, 7) is 6.08. The highest BCUT2D eigenvalue weighted by Gasteiger charge is 2.36. The SMILES string of the molecule is CC1N=C2Cc3ccccc3N=C(N3CCN(C)CC3)[N+]2=N1. The molecule has 0 aromatic heterocycles. The quantitative estimate of drug-likeness (QED) is 0.684. The van der Waals surface area contributed by atoms with Gasteiger partial charge < -0.3 is 4.90 Å². The number of piperazine rings is 1. The number of hydrogen-bond acceptors (Lipinski definition) is 5. The third-order valence-corrected chi connectivity index (χ3v) is 4.40. The predicted molar refractivity (Wildman–Crippen MR) is 85.9 cm³/mol. The molecule has 0 radical (unpaired) electrons. The lowest BCUT2D eigenvalue weighted by Gasteiger charge is -2.30. The van der Waals surface area contributed by atoms with Gasteiger partial charge in [0.05, 0.1) is 19.5 Å². The monoisotopic (exact) mass is 297 g/mol. The molecule has 1 aromatic rings. The van der Waals surface area contributed by atoms with Crippen LogP contribution in [0, 0.1) is 0 Å². The average Bonchev–Trinajstić information content (AvgIpc) is 2.80. The van der Waals surface area contributed by atoms with Gasteiger partial charge in [0.1, 0.15) is 5.69 Å². The number of guanidine groups is 1. The maximum absolute atomic E-state index is 4.94. The van der Waals surface area contributed by atoms with Crippen LogP contribution < -0.4 is 0 Å². The van der Waals surface area contributed by atoms with Gasteiger partial charge in [-0.3, -0.25) is 4.90 Å². The fourth-order valence-electron chi connectivity index (χ4n) is 3.12. The van der Waals surface area contributed by atoms with E-state index in [9.17, 15) is 0 Å². The summed E-state index contributed by atoms with van der Waals surface area (Å²) in [4.78, 5) is 14.3. The predicted octanol–water partition coefficient (Wildman–Crippen LogP) is 1.70. The third kappa shape index (κ3) is 2.33. The molecule has 114 valence electrons. The molecular formula is C16H21N6+. The van der Waals surface area contributed by atoms with Crippen LogP contribution in [0.25, 0.3) is 0 Å². The number of rotatable bonds is 0. The van der Waals surface area contributed by atoms with Crippen LogP contribution in [0.3, 0.4) is 0 Å². The van der Waals surface area contributed by atoms with Gasteiger partial charge in [0, 0.05) is 18.7 Å². The zero-order chi connectivity index (χ0) is 15.1. The summed E-state index contributed by atoms with van der Waals surface area (Å²) in [6, 6.07) is 8.32. The number of azo groups is 2. The van der Waals surface area contributed by atoms with Gasteiger partial charge in [0.25, 0.3) is 0 Å². The summed E-state index contributed by atoms with van der Waals surface area (Å²) < 4.78 is 1.97. The zero-order valence-corrected chi connectivity index (χ0v) is 13.1. The van der Waals surface area contributed by atoms with Gasteiger partial charge in [0.15, 0.2) is 0 Å². The van der Waals surface area contributed by atoms with Gasteiger partial charge in [-0.15, -0.1) is 19.8 Å². The van der Waals surface area contributed by atoms with E-state index in [1.165, 1.54) is 5.56 Å². The van der Waals surface area contributed by atoms with E-state index in [0.717, 1.165) is 50.1 Å². The van der Waals surface area contributed by atoms with Crippen molar-refractivity contribution in [1.29, 1.82) is 0 Å². The Labute approximate surface area is 130 Å². The molecule has 0 bridgehead atoms. The minimum Gasteiger partial charge on any atom is -0.301 e. The van der Waals surface area contributed by atoms with Gasteiger partial charge in [-0.2, -0.15) is 0 Å². The van der Waals surface area contributed by atoms with Crippen molar-refractivity contribution in [1.82, 2.24) is 9.80 Å². The fraction of sp³-hybridized carbons (Fsp3) is 0.500. The lowest BCUT2D eigenvalue weighted by molar-refractivity contribution is -0.368. The van der Waals surface area contributed by atoms with E-state index in [1.54, 1.807) is 0 Å². The Morgan fingerprint density at radius 3 is 2.73 bits per heavy atom. The van der Waals surface area contributed by atoms with E-state index < -0.39 is 0 Å². The standard InChI is InChI=1S/C16H21N6/c1-12-17-15-11-13-5-3-4-6-14(13)18-16(22(15)19-12)21-9-7-20(2)8-10-21/h3-6,12H,7-11H2,1-2H3/q+1. The number of fused-ring (bicyclic) bond motifs is 2. The van der Waals surface area contributed by atoms with Crippen LogP contribution in [0.4, 0.5) is 5.69 Å².